The Hall–Kier alpha value is -1.09. The molecule has 0 spiro atoms. The third kappa shape index (κ3) is 2.18. The third-order valence-corrected chi connectivity index (χ3v) is 2.02. The average molecular weight is 182 g/mol. The van der Waals surface area contributed by atoms with Gasteiger partial charge < -0.3 is 9.84 Å². The van der Waals surface area contributed by atoms with Crippen LogP contribution in [0.4, 0.5) is 0 Å². The smallest absolute Gasteiger partial charge is 0.316 e. The molecule has 0 radical (unpaired) electrons. The molecule has 1 N–H and O–H groups in total. The normalized spacial score (nSPS) is 31.8. The molecule has 0 aromatic rings. The molecule has 13 heavy (non-hydrogen) atoms. The summed E-state index contributed by atoms with van der Waals surface area (Å²) in [7, 11) is 0. The molecule has 1 aliphatic carbocycles. The van der Waals surface area contributed by atoms with Crippen LogP contribution in [0.25, 0.3) is 0 Å². The SMILES string of the molecule is CCOC(=O)C1C=CC=CC1(C)O. The van der Waals surface area contributed by atoms with Crippen LogP contribution in [0, 0.1) is 5.92 Å². The van der Waals surface area contributed by atoms with Crippen molar-refractivity contribution in [3.8, 4) is 0 Å². The molecule has 0 bridgehead atoms. The maximum atomic E-state index is 11.3. The van der Waals surface area contributed by atoms with E-state index in [0.717, 1.165) is 0 Å². The highest BCUT2D eigenvalue weighted by Crippen LogP contribution is 2.24. The molecule has 2 atom stereocenters. The van der Waals surface area contributed by atoms with E-state index in [1.807, 2.05) is 0 Å². The Morgan fingerprint density at radius 1 is 1.62 bits per heavy atom. The second-order valence-electron chi connectivity index (χ2n) is 3.20. The van der Waals surface area contributed by atoms with Crippen LogP contribution in [0.15, 0.2) is 24.3 Å². The molecule has 1 rings (SSSR count). The first-order chi connectivity index (χ1) is 6.08. The van der Waals surface area contributed by atoms with Crippen LogP contribution in [0.3, 0.4) is 0 Å². The predicted octanol–water partition coefficient (Wildman–Crippen LogP) is 1.04. The molecule has 0 amide bonds. The summed E-state index contributed by atoms with van der Waals surface area (Å²) in [6.07, 6.45) is 6.70. The van der Waals surface area contributed by atoms with Crippen molar-refractivity contribution in [2.45, 2.75) is 19.4 Å². The minimum atomic E-state index is -1.12. The Bertz CT molecular complexity index is 251. The minimum Gasteiger partial charge on any atom is -0.465 e. The van der Waals surface area contributed by atoms with Crippen molar-refractivity contribution in [2.75, 3.05) is 6.61 Å². The Labute approximate surface area is 77.7 Å². The monoisotopic (exact) mass is 182 g/mol. The molecule has 0 aliphatic heterocycles. The standard InChI is InChI=1S/C10H14O3/c1-3-13-9(11)8-6-4-5-7-10(8,2)12/h4-8,12H,3H2,1-2H3. The fraction of sp³-hybridized carbons (Fsp3) is 0.500. The fourth-order valence-corrected chi connectivity index (χ4v) is 1.27. The molecular formula is C10H14O3. The van der Waals surface area contributed by atoms with Crippen LogP contribution in [-0.4, -0.2) is 23.3 Å². The van der Waals surface area contributed by atoms with Gasteiger partial charge in [0.1, 0.15) is 5.92 Å². The van der Waals surface area contributed by atoms with E-state index in [0.29, 0.717) is 6.61 Å². The van der Waals surface area contributed by atoms with Gasteiger partial charge in [0.15, 0.2) is 0 Å². The van der Waals surface area contributed by atoms with Gasteiger partial charge in [-0.05, 0) is 13.8 Å². The van der Waals surface area contributed by atoms with Crippen LogP contribution in [0.2, 0.25) is 0 Å². The third-order valence-electron chi connectivity index (χ3n) is 2.02. The molecule has 0 heterocycles. The summed E-state index contributed by atoms with van der Waals surface area (Å²) in [5.41, 5.74) is -1.12. The zero-order valence-electron chi connectivity index (χ0n) is 7.86. The van der Waals surface area contributed by atoms with Gasteiger partial charge in [0, 0.05) is 0 Å². The summed E-state index contributed by atoms with van der Waals surface area (Å²) in [5, 5.41) is 9.79. The Morgan fingerprint density at radius 3 is 2.85 bits per heavy atom. The van der Waals surface area contributed by atoms with Crippen LogP contribution in [0.1, 0.15) is 13.8 Å². The molecule has 2 unspecified atom stereocenters. The first-order valence-corrected chi connectivity index (χ1v) is 4.33. The van der Waals surface area contributed by atoms with Crippen molar-refractivity contribution in [3.05, 3.63) is 24.3 Å². The number of esters is 1. The predicted molar refractivity (Wildman–Crippen MR) is 49.0 cm³/mol. The summed E-state index contributed by atoms with van der Waals surface area (Å²) in [6.45, 7) is 3.67. The van der Waals surface area contributed by atoms with Gasteiger partial charge in [-0.1, -0.05) is 24.3 Å². The Kier molecular flexibility index (Phi) is 2.88. The highest BCUT2D eigenvalue weighted by atomic mass is 16.5. The zero-order valence-corrected chi connectivity index (χ0v) is 7.86. The minimum absolute atomic E-state index is 0.336. The number of aliphatic hydroxyl groups is 1. The van der Waals surface area contributed by atoms with Gasteiger partial charge >= 0.3 is 5.97 Å². The molecular weight excluding hydrogens is 168 g/mol. The highest BCUT2D eigenvalue weighted by molar-refractivity contribution is 5.77. The quantitative estimate of drug-likeness (QED) is 0.649. The number of allylic oxidation sites excluding steroid dienone is 2. The van der Waals surface area contributed by atoms with Crippen molar-refractivity contribution in [2.24, 2.45) is 5.92 Å². The van der Waals surface area contributed by atoms with Crippen LogP contribution in [-0.2, 0) is 9.53 Å². The van der Waals surface area contributed by atoms with Gasteiger partial charge in [-0.25, -0.2) is 0 Å². The lowest BCUT2D eigenvalue weighted by Gasteiger charge is -2.27. The van der Waals surface area contributed by atoms with Crippen molar-refractivity contribution in [1.29, 1.82) is 0 Å². The largest absolute Gasteiger partial charge is 0.465 e. The summed E-state index contributed by atoms with van der Waals surface area (Å²) in [5.74, 6) is -0.967. The van der Waals surface area contributed by atoms with Crippen LogP contribution >= 0.6 is 0 Å². The van der Waals surface area contributed by atoms with Gasteiger partial charge in [0.05, 0.1) is 12.2 Å². The van der Waals surface area contributed by atoms with Crippen molar-refractivity contribution in [3.63, 3.8) is 0 Å². The van der Waals surface area contributed by atoms with E-state index in [1.54, 1.807) is 38.2 Å². The fourth-order valence-electron chi connectivity index (χ4n) is 1.27. The molecule has 0 aromatic heterocycles. The molecule has 0 saturated heterocycles. The van der Waals surface area contributed by atoms with Gasteiger partial charge in [-0.2, -0.15) is 0 Å². The second-order valence-corrected chi connectivity index (χ2v) is 3.20. The van der Waals surface area contributed by atoms with Gasteiger partial charge in [0.25, 0.3) is 0 Å². The summed E-state index contributed by atoms with van der Waals surface area (Å²) >= 11 is 0. The number of hydrogen-bond donors (Lipinski definition) is 1. The molecule has 0 aromatic carbocycles. The topological polar surface area (TPSA) is 46.5 Å². The number of hydrogen-bond acceptors (Lipinski definition) is 3. The van der Waals surface area contributed by atoms with E-state index in [2.05, 4.69) is 0 Å². The van der Waals surface area contributed by atoms with Crippen molar-refractivity contribution in [1.82, 2.24) is 0 Å². The number of carbonyl (C=O) groups is 1. The maximum absolute atomic E-state index is 11.3. The first kappa shape index (κ1) is 9.99. The van der Waals surface area contributed by atoms with E-state index in [1.165, 1.54) is 0 Å². The molecule has 0 saturated carbocycles. The highest BCUT2D eigenvalue weighted by Gasteiger charge is 2.35. The lowest BCUT2D eigenvalue weighted by atomic mass is 9.85. The number of carbonyl (C=O) groups excluding carboxylic acids is 1. The van der Waals surface area contributed by atoms with Crippen LogP contribution in [0.5, 0.6) is 0 Å². The number of ether oxygens (including phenoxy) is 1. The van der Waals surface area contributed by atoms with Gasteiger partial charge in [0.2, 0.25) is 0 Å². The van der Waals surface area contributed by atoms with E-state index in [-0.39, 0.29) is 5.97 Å². The zero-order chi connectivity index (χ0) is 9.90. The average Bonchev–Trinajstić information content (AvgIpc) is 2.03. The molecule has 3 heteroatoms. The van der Waals surface area contributed by atoms with Crippen molar-refractivity contribution < 1.29 is 14.6 Å². The lowest BCUT2D eigenvalue weighted by molar-refractivity contribution is -0.151. The first-order valence-electron chi connectivity index (χ1n) is 4.33. The van der Waals surface area contributed by atoms with Gasteiger partial charge in [-0.15, -0.1) is 0 Å². The molecule has 1 aliphatic rings. The van der Waals surface area contributed by atoms with Crippen molar-refractivity contribution >= 4 is 5.97 Å². The summed E-state index contributed by atoms with van der Waals surface area (Å²) < 4.78 is 4.83. The van der Waals surface area contributed by atoms with Gasteiger partial charge in [-0.3, -0.25) is 4.79 Å². The summed E-state index contributed by atoms with van der Waals surface area (Å²) in [4.78, 5) is 11.3. The Balaban J connectivity index is 2.74. The number of rotatable bonds is 2. The van der Waals surface area contributed by atoms with E-state index >= 15 is 0 Å². The van der Waals surface area contributed by atoms with E-state index in [9.17, 15) is 9.90 Å². The van der Waals surface area contributed by atoms with E-state index < -0.39 is 11.5 Å². The van der Waals surface area contributed by atoms with E-state index in [4.69, 9.17) is 4.74 Å². The lowest BCUT2D eigenvalue weighted by Crippen LogP contribution is -2.38. The van der Waals surface area contributed by atoms with Crippen LogP contribution < -0.4 is 0 Å². The summed E-state index contributed by atoms with van der Waals surface area (Å²) in [6, 6.07) is 0. The molecule has 3 nitrogen and oxygen atoms in total. The second kappa shape index (κ2) is 3.75. The Morgan fingerprint density at radius 2 is 2.31 bits per heavy atom. The molecule has 0 fully saturated rings. The maximum Gasteiger partial charge on any atom is 0.316 e. The molecule has 72 valence electrons.